The standard InChI is InChI=1S/C16H17F3N2O4S2/c1-3-21(4-2)27(24,25)12-7-5-6-11(10-12)20-26(22,23)14-9-8-13(17)15(18)16(14)19/h5-10,20H,3-4H2,1-2H3. The third kappa shape index (κ3) is 4.25. The zero-order chi connectivity index (χ0) is 20.4. The number of halogens is 3. The van der Waals surface area contributed by atoms with Crippen molar-refractivity contribution >= 4 is 25.7 Å². The SMILES string of the molecule is CCN(CC)S(=O)(=O)c1cccc(NS(=O)(=O)c2ccc(F)c(F)c2F)c1. The molecular formula is C16H17F3N2O4S2. The largest absolute Gasteiger partial charge is 0.279 e. The van der Waals surface area contributed by atoms with Gasteiger partial charge in [0.2, 0.25) is 10.0 Å². The molecule has 0 unspecified atom stereocenters. The molecule has 1 N–H and O–H groups in total. The van der Waals surface area contributed by atoms with Crippen molar-refractivity contribution in [1.29, 1.82) is 0 Å². The van der Waals surface area contributed by atoms with E-state index in [0.29, 0.717) is 12.1 Å². The van der Waals surface area contributed by atoms with Crippen LogP contribution in [0.4, 0.5) is 18.9 Å². The van der Waals surface area contributed by atoms with Crippen LogP contribution in [0.3, 0.4) is 0 Å². The van der Waals surface area contributed by atoms with Crippen molar-refractivity contribution in [2.45, 2.75) is 23.6 Å². The van der Waals surface area contributed by atoms with Gasteiger partial charge in [0, 0.05) is 13.1 Å². The molecule has 2 aromatic rings. The first-order valence-corrected chi connectivity index (χ1v) is 10.7. The van der Waals surface area contributed by atoms with E-state index in [1.807, 2.05) is 4.72 Å². The maximum absolute atomic E-state index is 13.8. The number of benzene rings is 2. The van der Waals surface area contributed by atoms with E-state index in [9.17, 15) is 30.0 Å². The van der Waals surface area contributed by atoms with Gasteiger partial charge in [-0.05, 0) is 30.3 Å². The number of rotatable bonds is 7. The molecule has 27 heavy (non-hydrogen) atoms. The molecule has 0 fully saturated rings. The normalized spacial score (nSPS) is 12.4. The minimum atomic E-state index is -4.62. The van der Waals surface area contributed by atoms with Gasteiger partial charge in [0.25, 0.3) is 10.0 Å². The van der Waals surface area contributed by atoms with E-state index >= 15 is 0 Å². The number of hydrogen-bond acceptors (Lipinski definition) is 4. The van der Waals surface area contributed by atoms with Gasteiger partial charge < -0.3 is 0 Å². The number of anilines is 1. The van der Waals surface area contributed by atoms with Crippen molar-refractivity contribution in [3.63, 3.8) is 0 Å². The average Bonchev–Trinajstić information content (AvgIpc) is 2.60. The summed E-state index contributed by atoms with van der Waals surface area (Å²) in [4.78, 5) is -1.27. The van der Waals surface area contributed by atoms with E-state index in [-0.39, 0.29) is 23.7 Å². The molecule has 0 aliphatic heterocycles. The zero-order valence-corrected chi connectivity index (χ0v) is 16.0. The molecule has 0 bridgehead atoms. The molecule has 0 amide bonds. The number of nitrogens with zero attached hydrogens (tertiary/aromatic N) is 1. The second kappa shape index (κ2) is 7.87. The second-order valence-electron chi connectivity index (χ2n) is 5.40. The van der Waals surface area contributed by atoms with Crippen molar-refractivity contribution in [3.05, 3.63) is 53.8 Å². The minimum Gasteiger partial charge on any atom is -0.279 e. The minimum absolute atomic E-state index is 0.169. The first kappa shape index (κ1) is 21.2. The molecule has 148 valence electrons. The Hall–Kier alpha value is -2.11. The van der Waals surface area contributed by atoms with Gasteiger partial charge in [0.05, 0.1) is 10.6 Å². The summed E-state index contributed by atoms with van der Waals surface area (Å²) >= 11 is 0. The third-order valence-electron chi connectivity index (χ3n) is 3.72. The van der Waals surface area contributed by atoms with Crippen LogP contribution in [0.25, 0.3) is 0 Å². The third-order valence-corrected chi connectivity index (χ3v) is 7.16. The molecule has 6 nitrogen and oxygen atoms in total. The van der Waals surface area contributed by atoms with Gasteiger partial charge in [-0.1, -0.05) is 19.9 Å². The molecule has 0 aliphatic rings. The molecule has 0 radical (unpaired) electrons. The first-order valence-electron chi connectivity index (χ1n) is 7.81. The van der Waals surface area contributed by atoms with Gasteiger partial charge in [-0.15, -0.1) is 0 Å². The lowest BCUT2D eigenvalue weighted by atomic mass is 10.3. The lowest BCUT2D eigenvalue weighted by Gasteiger charge is -2.19. The van der Waals surface area contributed by atoms with Crippen molar-refractivity contribution in [3.8, 4) is 0 Å². The van der Waals surface area contributed by atoms with Crippen molar-refractivity contribution in [2.24, 2.45) is 0 Å². The van der Waals surface area contributed by atoms with Crippen molar-refractivity contribution in [2.75, 3.05) is 17.8 Å². The molecule has 0 saturated carbocycles. The van der Waals surface area contributed by atoms with Crippen LogP contribution in [0.15, 0.2) is 46.2 Å². The van der Waals surface area contributed by atoms with Gasteiger partial charge in [-0.3, -0.25) is 4.72 Å². The predicted octanol–water partition coefficient (Wildman–Crippen LogP) is 2.94. The van der Waals surface area contributed by atoms with Crippen molar-refractivity contribution in [1.82, 2.24) is 4.31 Å². The molecular weight excluding hydrogens is 405 g/mol. The Balaban J connectivity index is 2.43. The van der Waals surface area contributed by atoms with E-state index < -0.39 is 42.4 Å². The molecule has 2 aromatic carbocycles. The van der Waals surface area contributed by atoms with E-state index in [0.717, 1.165) is 6.07 Å². The van der Waals surface area contributed by atoms with Crippen molar-refractivity contribution < 1.29 is 30.0 Å². The predicted molar refractivity (Wildman–Crippen MR) is 93.7 cm³/mol. The van der Waals surface area contributed by atoms with Gasteiger partial charge in [0.1, 0.15) is 4.90 Å². The van der Waals surface area contributed by atoms with E-state index in [1.54, 1.807) is 13.8 Å². The highest BCUT2D eigenvalue weighted by Crippen LogP contribution is 2.24. The van der Waals surface area contributed by atoms with E-state index in [1.165, 1.54) is 22.5 Å². The average molecular weight is 422 g/mol. The topological polar surface area (TPSA) is 83.6 Å². The Morgan fingerprint density at radius 2 is 1.56 bits per heavy atom. The summed E-state index contributed by atoms with van der Waals surface area (Å²) in [7, 11) is -8.47. The molecule has 0 atom stereocenters. The summed E-state index contributed by atoms with van der Waals surface area (Å²) in [5.74, 6) is -5.32. The fraction of sp³-hybridized carbons (Fsp3) is 0.250. The monoisotopic (exact) mass is 422 g/mol. The van der Waals surface area contributed by atoms with Crippen LogP contribution >= 0.6 is 0 Å². The summed E-state index contributed by atoms with van der Waals surface area (Å²) in [6.45, 7) is 3.74. The maximum Gasteiger partial charge on any atom is 0.264 e. The molecule has 0 saturated heterocycles. The van der Waals surface area contributed by atoms with Gasteiger partial charge in [0.15, 0.2) is 17.5 Å². The van der Waals surface area contributed by atoms with Gasteiger partial charge in [-0.2, -0.15) is 4.31 Å². The summed E-state index contributed by atoms with van der Waals surface area (Å²) in [5, 5.41) is 0. The zero-order valence-electron chi connectivity index (χ0n) is 14.4. The fourth-order valence-electron chi connectivity index (χ4n) is 2.36. The summed E-state index contributed by atoms with van der Waals surface area (Å²) in [5.41, 5.74) is -0.174. The molecule has 0 aliphatic carbocycles. The smallest absolute Gasteiger partial charge is 0.264 e. The van der Waals surface area contributed by atoms with Crippen LogP contribution in [0.1, 0.15) is 13.8 Å². The Bertz CT molecular complexity index is 1050. The number of sulfonamides is 2. The molecule has 2 rings (SSSR count). The van der Waals surface area contributed by atoms with Crippen LogP contribution in [0.5, 0.6) is 0 Å². The van der Waals surface area contributed by atoms with Gasteiger partial charge >= 0.3 is 0 Å². The van der Waals surface area contributed by atoms with E-state index in [4.69, 9.17) is 0 Å². The number of hydrogen-bond donors (Lipinski definition) is 1. The van der Waals surface area contributed by atoms with Crippen LogP contribution in [-0.4, -0.2) is 34.2 Å². The second-order valence-corrected chi connectivity index (χ2v) is 8.98. The quantitative estimate of drug-likeness (QED) is 0.696. The Kier molecular flexibility index (Phi) is 6.17. The Morgan fingerprint density at radius 3 is 2.15 bits per heavy atom. The summed E-state index contributed by atoms with van der Waals surface area (Å²) < 4.78 is 92.9. The van der Waals surface area contributed by atoms with Crippen LogP contribution in [-0.2, 0) is 20.0 Å². The highest BCUT2D eigenvalue weighted by atomic mass is 32.2. The Morgan fingerprint density at radius 1 is 0.926 bits per heavy atom. The molecule has 11 heteroatoms. The molecule has 0 aromatic heterocycles. The Labute approximate surface area is 155 Å². The first-order chi connectivity index (χ1) is 12.5. The lowest BCUT2D eigenvalue weighted by Crippen LogP contribution is -2.30. The highest BCUT2D eigenvalue weighted by molar-refractivity contribution is 7.92. The lowest BCUT2D eigenvalue weighted by molar-refractivity contribution is 0.432. The number of nitrogens with one attached hydrogen (secondary N) is 1. The fourth-order valence-corrected chi connectivity index (χ4v) is 4.98. The highest BCUT2D eigenvalue weighted by Gasteiger charge is 2.26. The van der Waals surface area contributed by atoms with Crippen LogP contribution in [0.2, 0.25) is 0 Å². The van der Waals surface area contributed by atoms with E-state index in [2.05, 4.69) is 0 Å². The summed E-state index contributed by atoms with van der Waals surface area (Å²) in [6.07, 6.45) is 0. The molecule has 0 spiro atoms. The van der Waals surface area contributed by atoms with Crippen LogP contribution < -0.4 is 4.72 Å². The maximum atomic E-state index is 13.8. The summed E-state index contributed by atoms with van der Waals surface area (Å²) in [6, 6.07) is 5.94. The van der Waals surface area contributed by atoms with Crippen LogP contribution in [0, 0.1) is 17.5 Å². The van der Waals surface area contributed by atoms with Gasteiger partial charge in [-0.25, -0.2) is 30.0 Å². The molecule has 0 heterocycles.